The van der Waals surface area contributed by atoms with E-state index in [9.17, 15) is 0 Å². The van der Waals surface area contributed by atoms with Crippen LogP contribution in [0, 0.1) is 5.41 Å². The second-order valence-corrected chi connectivity index (χ2v) is 5.96. The lowest BCUT2D eigenvalue weighted by Gasteiger charge is -2.28. The Morgan fingerprint density at radius 1 is 1.32 bits per heavy atom. The van der Waals surface area contributed by atoms with E-state index in [1.54, 1.807) is 6.07 Å². The van der Waals surface area contributed by atoms with E-state index < -0.39 is 0 Å². The number of rotatable bonds is 5. The summed E-state index contributed by atoms with van der Waals surface area (Å²) in [4.78, 5) is 8.42. The van der Waals surface area contributed by atoms with Crippen LogP contribution in [0.1, 0.15) is 38.4 Å². The molecule has 0 aliphatic heterocycles. The van der Waals surface area contributed by atoms with Crippen molar-refractivity contribution < 1.29 is 9.05 Å². The predicted octanol–water partition coefficient (Wildman–Crippen LogP) is 1.72. The molecule has 3 aromatic rings. The van der Waals surface area contributed by atoms with Gasteiger partial charge in [0.25, 0.3) is 0 Å². The SMILES string of the molecule is CC(C)(C)[C@@H](NCc1ccon1)c1nc(-c2ncn[nH]2)no1. The highest BCUT2D eigenvalue weighted by Gasteiger charge is 2.31. The van der Waals surface area contributed by atoms with Gasteiger partial charge in [-0.2, -0.15) is 10.1 Å². The van der Waals surface area contributed by atoms with E-state index in [1.165, 1.54) is 12.6 Å². The van der Waals surface area contributed by atoms with Crippen molar-refractivity contribution in [2.45, 2.75) is 33.4 Å². The summed E-state index contributed by atoms with van der Waals surface area (Å²) in [6, 6.07) is 1.66. The van der Waals surface area contributed by atoms with Crippen molar-refractivity contribution in [2.75, 3.05) is 0 Å². The minimum atomic E-state index is -0.145. The van der Waals surface area contributed by atoms with Crippen molar-refractivity contribution in [3.63, 3.8) is 0 Å². The lowest BCUT2D eigenvalue weighted by molar-refractivity contribution is 0.210. The van der Waals surface area contributed by atoms with Gasteiger partial charge in [0.15, 0.2) is 5.82 Å². The van der Waals surface area contributed by atoms with Crippen molar-refractivity contribution in [3.05, 3.63) is 30.2 Å². The molecule has 0 amide bonds. The molecule has 0 aliphatic carbocycles. The van der Waals surface area contributed by atoms with Crippen molar-refractivity contribution >= 4 is 0 Å². The fourth-order valence-electron chi connectivity index (χ4n) is 2.06. The maximum Gasteiger partial charge on any atom is 0.244 e. The summed E-state index contributed by atoms with van der Waals surface area (Å²) in [5, 5.41) is 17.7. The van der Waals surface area contributed by atoms with Gasteiger partial charge in [-0.05, 0) is 5.41 Å². The van der Waals surface area contributed by atoms with Crippen LogP contribution in [0.15, 0.2) is 27.7 Å². The molecule has 0 bridgehead atoms. The van der Waals surface area contributed by atoms with E-state index in [-0.39, 0.29) is 11.5 Å². The first kappa shape index (κ1) is 14.4. The van der Waals surface area contributed by atoms with Gasteiger partial charge in [0, 0.05) is 12.6 Å². The predicted molar refractivity (Wildman–Crippen MR) is 75.2 cm³/mol. The number of nitrogens with one attached hydrogen (secondary N) is 2. The van der Waals surface area contributed by atoms with E-state index in [4.69, 9.17) is 9.05 Å². The number of nitrogens with zero attached hydrogens (tertiary/aromatic N) is 5. The number of aromatic nitrogens is 6. The summed E-state index contributed by atoms with van der Waals surface area (Å²) < 4.78 is 10.2. The fraction of sp³-hybridized carbons (Fsp3) is 0.462. The Hall–Kier alpha value is -2.55. The van der Waals surface area contributed by atoms with Gasteiger partial charge in [-0.25, -0.2) is 4.98 Å². The highest BCUT2D eigenvalue weighted by Crippen LogP contribution is 2.32. The average Bonchev–Trinajstić information content (AvgIpc) is 3.20. The van der Waals surface area contributed by atoms with E-state index in [0.29, 0.717) is 24.1 Å². The Labute approximate surface area is 126 Å². The van der Waals surface area contributed by atoms with Gasteiger partial charge in [0.05, 0.1) is 11.7 Å². The minimum Gasteiger partial charge on any atom is -0.364 e. The fourth-order valence-corrected chi connectivity index (χ4v) is 2.06. The second kappa shape index (κ2) is 5.68. The van der Waals surface area contributed by atoms with Crippen LogP contribution in [0.5, 0.6) is 0 Å². The van der Waals surface area contributed by atoms with Crippen molar-refractivity contribution in [1.29, 1.82) is 0 Å². The van der Waals surface area contributed by atoms with Gasteiger partial charge in [-0.15, -0.1) is 0 Å². The van der Waals surface area contributed by atoms with Crippen LogP contribution in [-0.2, 0) is 6.54 Å². The molecule has 0 fully saturated rings. The molecule has 3 rings (SSSR count). The van der Waals surface area contributed by atoms with Gasteiger partial charge < -0.3 is 9.05 Å². The number of hydrogen-bond acceptors (Lipinski definition) is 8. The third-order valence-corrected chi connectivity index (χ3v) is 3.16. The summed E-state index contributed by atoms with van der Waals surface area (Å²) in [5.41, 5.74) is 0.679. The van der Waals surface area contributed by atoms with Crippen molar-refractivity contribution in [3.8, 4) is 11.6 Å². The molecule has 0 aromatic carbocycles. The summed E-state index contributed by atoms with van der Waals surface area (Å²) >= 11 is 0. The lowest BCUT2D eigenvalue weighted by atomic mass is 9.86. The van der Waals surface area contributed by atoms with Crippen LogP contribution in [0.25, 0.3) is 11.6 Å². The molecule has 0 saturated carbocycles. The molecule has 3 aromatic heterocycles. The van der Waals surface area contributed by atoms with Gasteiger partial charge in [-0.3, -0.25) is 10.4 Å². The van der Waals surface area contributed by atoms with Gasteiger partial charge in [-0.1, -0.05) is 31.1 Å². The lowest BCUT2D eigenvalue weighted by Crippen LogP contribution is -2.32. The Kier molecular flexibility index (Phi) is 3.72. The largest absolute Gasteiger partial charge is 0.364 e. The highest BCUT2D eigenvalue weighted by atomic mass is 16.5. The first-order chi connectivity index (χ1) is 10.5. The number of hydrogen-bond donors (Lipinski definition) is 2. The number of H-pyrrole nitrogens is 1. The van der Waals surface area contributed by atoms with Crippen LogP contribution in [0.3, 0.4) is 0 Å². The highest BCUT2D eigenvalue weighted by molar-refractivity contribution is 5.39. The van der Waals surface area contributed by atoms with Gasteiger partial charge >= 0.3 is 0 Å². The maximum atomic E-state index is 5.39. The molecule has 116 valence electrons. The van der Waals surface area contributed by atoms with E-state index in [0.717, 1.165) is 5.69 Å². The Morgan fingerprint density at radius 3 is 2.82 bits per heavy atom. The Morgan fingerprint density at radius 2 is 2.18 bits per heavy atom. The molecule has 0 unspecified atom stereocenters. The summed E-state index contributed by atoms with van der Waals surface area (Å²) in [7, 11) is 0. The second-order valence-electron chi connectivity index (χ2n) is 5.96. The molecule has 0 saturated heterocycles. The molecular weight excluding hydrogens is 286 g/mol. The molecule has 0 aliphatic rings. The molecule has 3 heterocycles. The zero-order valence-corrected chi connectivity index (χ0v) is 12.6. The van der Waals surface area contributed by atoms with Crippen LogP contribution in [0.2, 0.25) is 0 Å². The smallest absolute Gasteiger partial charge is 0.244 e. The third kappa shape index (κ3) is 3.03. The molecule has 1 atom stereocenters. The van der Waals surface area contributed by atoms with Crippen LogP contribution < -0.4 is 5.32 Å². The summed E-state index contributed by atoms with van der Waals surface area (Å²) in [6.45, 7) is 6.81. The topological polar surface area (TPSA) is 119 Å². The van der Waals surface area contributed by atoms with Crippen LogP contribution >= 0.6 is 0 Å². The third-order valence-electron chi connectivity index (χ3n) is 3.16. The zero-order chi connectivity index (χ0) is 15.6. The first-order valence-electron chi connectivity index (χ1n) is 6.86. The monoisotopic (exact) mass is 303 g/mol. The van der Waals surface area contributed by atoms with E-state index in [2.05, 4.69) is 56.6 Å². The van der Waals surface area contributed by atoms with Crippen molar-refractivity contribution in [1.82, 2.24) is 35.8 Å². The minimum absolute atomic E-state index is 0.130. The standard InChI is InChI=1S/C13H17N7O2/c1-13(2,3)9(14-6-8-4-5-21-19-8)12-17-11(20-22-12)10-15-7-16-18-10/h4-5,7,9,14H,6H2,1-3H3,(H,15,16,18)/t9-/m0/s1. The molecule has 22 heavy (non-hydrogen) atoms. The Bertz CT molecular complexity index is 697. The Balaban J connectivity index is 1.80. The van der Waals surface area contributed by atoms with Crippen LogP contribution in [-0.4, -0.2) is 30.5 Å². The normalized spacial score (nSPS) is 13.4. The average molecular weight is 303 g/mol. The van der Waals surface area contributed by atoms with E-state index in [1.807, 2.05) is 0 Å². The maximum absolute atomic E-state index is 5.39. The summed E-state index contributed by atoms with van der Waals surface area (Å²) in [5.74, 6) is 1.34. The van der Waals surface area contributed by atoms with Gasteiger partial charge in [0.1, 0.15) is 12.6 Å². The van der Waals surface area contributed by atoms with Crippen LogP contribution in [0.4, 0.5) is 0 Å². The van der Waals surface area contributed by atoms with Gasteiger partial charge in [0.2, 0.25) is 11.7 Å². The number of aromatic amines is 1. The summed E-state index contributed by atoms with van der Waals surface area (Å²) in [6.07, 6.45) is 2.94. The molecule has 2 N–H and O–H groups in total. The zero-order valence-electron chi connectivity index (χ0n) is 12.6. The molecule has 9 heteroatoms. The van der Waals surface area contributed by atoms with E-state index >= 15 is 0 Å². The molecule has 0 spiro atoms. The molecule has 9 nitrogen and oxygen atoms in total. The first-order valence-corrected chi connectivity index (χ1v) is 6.86. The molecule has 0 radical (unpaired) electrons. The quantitative estimate of drug-likeness (QED) is 0.731. The van der Waals surface area contributed by atoms with Crippen molar-refractivity contribution in [2.24, 2.45) is 5.41 Å². The molecular formula is C13H17N7O2.